The zero-order valence-electron chi connectivity index (χ0n) is 8.80. The Bertz CT molecular complexity index is 161. The molecule has 0 aliphatic carbocycles. The van der Waals surface area contributed by atoms with Crippen molar-refractivity contribution in [2.45, 2.75) is 6.92 Å². The number of aliphatic hydroxyl groups is 1. The van der Waals surface area contributed by atoms with Crippen molar-refractivity contribution >= 4 is 16.8 Å². The largest absolute Gasteiger partial charge is 0.391 e. The lowest BCUT2D eigenvalue weighted by Gasteiger charge is -2.21. The molecule has 0 aromatic heterocycles. The standard InChI is InChI=1S/C5H14NO.C4H5ClO/c1-6(2,3)4-5-7;1-3(2)4(5)6/h7H,4-5H2,1-3H3;1H2,2H3/q+1;. The van der Waals surface area contributed by atoms with E-state index in [1.165, 1.54) is 0 Å². The fourth-order valence-electron chi connectivity index (χ4n) is 0.300. The molecule has 13 heavy (non-hydrogen) atoms. The first-order valence-electron chi connectivity index (χ1n) is 3.97. The molecule has 1 N–H and O–H groups in total. The number of nitrogens with zero attached hydrogens (tertiary/aromatic N) is 1. The van der Waals surface area contributed by atoms with Crippen LogP contribution in [0.2, 0.25) is 0 Å². The Morgan fingerprint density at radius 2 is 1.77 bits per heavy atom. The molecule has 0 saturated heterocycles. The zero-order valence-corrected chi connectivity index (χ0v) is 9.56. The second kappa shape index (κ2) is 7.06. The summed E-state index contributed by atoms with van der Waals surface area (Å²) >= 11 is 4.87. The van der Waals surface area contributed by atoms with Crippen molar-refractivity contribution in [2.75, 3.05) is 34.3 Å². The van der Waals surface area contributed by atoms with Gasteiger partial charge < -0.3 is 9.59 Å². The van der Waals surface area contributed by atoms with Crippen molar-refractivity contribution in [1.29, 1.82) is 0 Å². The number of quaternary nitrogens is 1. The Balaban J connectivity index is 0. The summed E-state index contributed by atoms with van der Waals surface area (Å²) in [5, 5.41) is 7.92. The van der Waals surface area contributed by atoms with Crippen LogP contribution < -0.4 is 0 Å². The van der Waals surface area contributed by atoms with Crippen molar-refractivity contribution in [3.63, 3.8) is 0 Å². The third kappa shape index (κ3) is 18.5. The van der Waals surface area contributed by atoms with Crippen LogP contribution in [0, 0.1) is 0 Å². The second-order valence-corrected chi connectivity index (χ2v) is 4.13. The maximum Gasteiger partial charge on any atom is 0.247 e. The molecule has 3 nitrogen and oxygen atoms in total. The van der Waals surface area contributed by atoms with E-state index in [2.05, 4.69) is 27.7 Å². The minimum Gasteiger partial charge on any atom is -0.391 e. The molecule has 0 bridgehead atoms. The van der Waals surface area contributed by atoms with Gasteiger partial charge in [-0.25, -0.2) is 0 Å². The summed E-state index contributed by atoms with van der Waals surface area (Å²) in [4.78, 5) is 9.81. The number of hydrogen-bond acceptors (Lipinski definition) is 2. The van der Waals surface area contributed by atoms with Gasteiger partial charge >= 0.3 is 0 Å². The first kappa shape index (κ1) is 15.1. The van der Waals surface area contributed by atoms with Crippen molar-refractivity contribution in [3.05, 3.63) is 12.2 Å². The molecule has 0 heterocycles. The Hall–Kier alpha value is -0.380. The van der Waals surface area contributed by atoms with E-state index >= 15 is 0 Å². The molecule has 4 heteroatoms. The van der Waals surface area contributed by atoms with Crippen LogP contribution in [0.25, 0.3) is 0 Å². The van der Waals surface area contributed by atoms with E-state index in [1.54, 1.807) is 6.92 Å². The monoisotopic (exact) mass is 208 g/mol. The van der Waals surface area contributed by atoms with Crippen LogP contribution in [0.3, 0.4) is 0 Å². The predicted molar refractivity (Wildman–Crippen MR) is 55.7 cm³/mol. The van der Waals surface area contributed by atoms with Crippen LogP contribution in [0.15, 0.2) is 12.2 Å². The number of hydrogen-bond donors (Lipinski definition) is 1. The first-order chi connectivity index (χ1) is 5.70. The van der Waals surface area contributed by atoms with Crippen LogP contribution in [-0.4, -0.2) is 49.1 Å². The molecule has 0 unspecified atom stereocenters. The lowest BCUT2D eigenvalue weighted by Crippen LogP contribution is -2.36. The van der Waals surface area contributed by atoms with E-state index in [9.17, 15) is 4.79 Å². The van der Waals surface area contributed by atoms with E-state index in [4.69, 9.17) is 16.7 Å². The van der Waals surface area contributed by atoms with Gasteiger partial charge in [-0.1, -0.05) is 6.58 Å². The van der Waals surface area contributed by atoms with E-state index in [-0.39, 0.29) is 6.61 Å². The number of carbonyl (C=O) groups excluding carboxylic acids is 1. The normalized spacial score (nSPS) is 10.0. The molecule has 0 amide bonds. The zero-order chi connectivity index (χ0) is 11.1. The third-order valence-corrected chi connectivity index (χ3v) is 1.43. The fourth-order valence-corrected chi connectivity index (χ4v) is 0.300. The van der Waals surface area contributed by atoms with Crippen LogP contribution in [-0.2, 0) is 4.79 Å². The lowest BCUT2D eigenvalue weighted by molar-refractivity contribution is -0.870. The van der Waals surface area contributed by atoms with Gasteiger partial charge in [-0.3, -0.25) is 4.79 Å². The van der Waals surface area contributed by atoms with Gasteiger partial charge in [-0.15, -0.1) is 0 Å². The number of carbonyl (C=O) groups is 1. The van der Waals surface area contributed by atoms with Crippen LogP contribution in [0.4, 0.5) is 0 Å². The van der Waals surface area contributed by atoms with Gasteiger partial charge in [0.2, 0.25) is 5.24 Å². The fraction of sp³-hybridized carbons (Fsp3) is 0.667. The molecule has 0 spiro atoms. The lowest BCUT2D eigenvalue weighted by atomic mass is 10.4. The molecule has 0 atom stereocenters. The maximum absolute atomic E-state index is 9.81. The van der Waals surface area contributed by atoms with Gasteiger partial charge in [0, 0.05) is 5.57 Å². The molecule has 0 saturated carbocycles. The van der Waals surface area contributed by atoms with Gasteiger partial charge in [0.1, 0.15) is 6.54 Å². The summed E-state index contributed by atoms with van der Waals surface area (Å²) in [6, 6.07) is 0. The minimum absolute atomic E-state index is 0.281. The van der Waals surface area contributed by atoms with Crippen LogP contribution in [0.1, 0.15) is 6.92 Å². The predicted octanol–water partition coefficient (Wildman–Crippen LogP) is 1.01. The van der Waals surface area contributed by atoms with Crippen molar-refractivity contribution in [1.82, 2.24) is 0 Å². The van der Waals surface area contributed by atoms with E-state index in [0.29, 0.717) is 5.57 Å². The summed E-state index contributed by atoms with van der Waals surface area (Å²) in [6.07, 6.45) is 0. The van der Waals surface area contributed by atoms with Crippen molar-refractivity contribution in [3.8, 4) is 0 Å². The summed E-state index contributed by atoms with van der Waals surface area (Å²) in [7, 11) is 6.16. The molecule has 0 aromatic rings. The third-order valence-electron chi connectivity index (χ3n) is 1.11. The number of halogens is 1. The quantitative estimate of drug-likeness (QED) is 0.427. The first-order valence-corrected chi connectivity index (χ1v) is 4.35. The van der Waals surface area contributed by atoms with Crippen molar-refractivity contribution in [2.24, 2.45) is 0 Å². The number of aliphatic hydroxyl groups excluding tert-OH is 1. The minimum atomic E-state index is -0.463. The molecule has 0 aliphatic heterocycles. The van der Waals surface area contributed by atoms with E-state index < -0.39 is 5.24 Å². The molecule has 78 valence electrons. The van der Waals surface area contributed by atoms with Gasteiger partial charge in [-0.05, 0) is 18.5 Å². The van der Waals surface area contributed by atoms with E-state index in [1.807, 2.05) is 0 Å². The summed E-state index contributed by atoms with van der Waals surface area (Å²) < 4.78 is 0.844. The Kier molecular flexibility index (Phi) is 8.21. The molecule has 0 fully saturated rings. The number of likely N-dealkylation sites (N-methyl/N-ethyl adjacent to an activating group) is 1. The van der Waals surface area contributed by atoms with Gasteiger partial charge in [0.15, 0.2) is 0 Å². The maximum atomic E-state index is 9.81. The summed E-state index contributed by atoms with van der Waals surface area (Å²) in [5.74, 6) is 0. The number of allylic oxidation sites excluding steroid dienone is 1. The smallest absolute Gasteiger partial charge is 0.247 e. The number of rotatable bonds is 3. The van der Waals surface area contributed by atoms with Crippen molar-refractivity contribution < 1.29 is 14.4 Å². The van der Waals surface area contributed by atoms with E-state index in [0.717, 1.165) is 11.0 Å². The molecule has 0 aliphatic rings. The Labute approximate surface area is 85.2 Å². The summed E-state index contributed by atoms with van der Waals surface area (Å²) in [5.41, 5.74) is 0.386. The Morgan fingerprint density at radius 1 is 1.46 bits per heavy atom. The highest BCUT2D eigenvalue weighted by Crippen LogP contribution is 1.91. The van der Waals surface area contributed by atoms with Gasteiger partial charge in [0.25, 0.3) is 0 Å². The van der Waals surface area contributed by atoms with Gasteiger partial charge in [0.05, 0.1) is 27.7 Å². The molecule has 0 radical (unpaired) electrons. The second-order valence-electron chi connectivity index (χ2n) is 3.79. The van der Waals surface area contributed by atoms with Crippen LogP contribution in [0.5, 0.6) is 0 Å². The molecular formula is C9H19ClNO2+. The highest BCUT2D eigenvalue weighted by molar-refractivity contribution is 6.67. The topological polar surface area (TPSA) is 37.3 Å². The summed E-state index contributed by atoms with van der Waals surface area (Å²) in [6.45, 7) is 5.95. The highest BCUT2D eigenvalue weighted by Gasteiger charge is 2.02. The Morgan fingerprint density at radius 3 is 1.77 bits per heavy atom. The molecule has 0 aromatic carbocycles. The van der Waals surface area contributed by atoms with Gasteiger partial charge in [-0.2, -0.15) is 0 Å². The molecular weight excluding hydrogens is 190 g/mol. The average Bonchev–Trinajstić information content (AvgIpc) is 1.85. The average molecular weight is 209 g/mol. The molecule has 0 rings (SSSR count). The highest BCUT2D eigenvalue weighted by atomic mass is 35.5. The SMILES string of the molecule is C=C(C)C(=O)Cl.C[N+](C)(C)CCO. The van der Waals surface area contributed by atoms with Crippen LogP contribution >= 0.6 is 11.6 Å².